The van der Waals surface area contributed by atoms with Gasteiger partial charge >= 0.3 is 6.03 Å². The third-order valence-corrected chi connectivity index (χ3v) is 7.28. The highest BCUT2D eigenvalue weighted by Crippen LogP contribution is 2.33. The molecule has 2 heterocycles. The minimum atomic E-state index is -1.02. The normalized spacial score (nSPS) is 19.6. The lowest BCUT2D eigenvalue weighted by molar-refractivity contribution is 0.0292. The van der Waals surface area contributed by atoms with Crippen molar-refractivity contribution in [1.29, 1.82) is 0 Å². The molecule has 4 rings (SSSR count). The lowest BCUT2D eigenvalue weighted by Crippen LogP contribution is -2.38. The lowest BCUT2D eigenvalue weighted by atomic mass is 9.87. The molecule has 0 fully saturated rings. The average Bonchev–Trinajstić information content (AvgIpc) is 3.42. The number of benzene rings is 1. The van der Waals surface area contributed by atoms with E-state index in [0.717, 1.165) is 24.2 Å². The van der Waals surface area contributed by atoms with Crippen LogP contribution >= 0.6 is 0 Å². The van der Waals surface area contributed by atoms with Crippen LogP contribution in [0.15, 0.2) is 54.5 Å². The summed E-state index contributed by atoms with van der Waals surface area (Å²) >= 11 is 0. The van der Waals surface area contributed by atoms with Gasteiger partial charge in [-0.1, -0.05) is 39.0 Å². The van der Waals surface area contributed by atoms with E-state index in [-0.39, 0.29) is 17.5 Å². The Balaban J connectivity index is 1.31. The van der Waals surface area contributed by atoms with E-state index in [1.807, 2.05) is 30.3 Å². The van der Waals surface area contributed by atoms with E-state index >= 15 is 0 Å². The summed E-state index contributed by atoms with van der Waals surface area (Å²) in [6, 6.07) is 9.06. The van der Waals surface area contributed by atoms with Crippen LogP contribution in [0.5, 0.6) is 0 Å². The number of pyridine rings is 1. The van der Waals surface area contributed by atoms with Gasteiger partial charge in [-0.25, -0.2) is 14.8 Å². The van der Waals surface area contributed by atoms with Gasteiger partial charge in [-0.2, -0.15) is 0 Å². The van der Waals surface area contributed by atoms with E-state index in [4.69, 9.17) is 5.73 Å². The molecule has 3 aromatic rings. The standard InChI is InChI=1S/C29H41N7O3/c1-18(2)35(14-6-12-32-28(39)34-21-9-7-20(8-10-21)29(3,4)5)16-19-15-23(26(38)25(19)37)36-17-33-24-22(30)11-13-31-27(24)36/h7-11,13,15,17-18,23,25-26,37-38H,6,12,14,16H2,1-5H3,(H2,30,31)(H2,32,34,39)/t23-,25-,26+/m1/s1. The summed E-state index contributed by atoms with van der Waals surface area (Å²) in [5.74, 6) is 0. The first kappa shape index (κ1) is 28.5. The summed E-state index contributed by atoms with van der Waals surface area (Å²) < 4.78 is 1.76. The van der Waals surface area contributed by atoms with Gasteiger partial charge in [0, 0.05) is 37.6 Å². The van der Waals surface area contributed by atoms with E-state index in [2.05, 4.69) is 60.1 Å². The molecule has 0 bridgehead atoms. The molecule has 0 radical (unpaired) electrons. The Labute approximate surface area is 229 Å². The van der Waals surface area contributed by atoms with E-state index < -0.39 is 18.2 Å². The number of carbonyl (C=O) groups is 1. The third kappa shape index (κ3) is 6.58. The number of carbonyl (C=O) groups excluding carboxylic acids is 1. The Morgan fingerprint density at radius 3 is 2.54 bits per heavy atom. The number of aliphatic hydroxyl groups is 2. The maximum Gasteiger partial charge on any atom is 0.319 e. The number of aliphatic hydroxyl groups excluding tert-OH is 2. The van der Waals surface area contributed by atoms with E-state index in [9.17, 15) is 15.0 Å². The van der Waals surface area contributed by atoms with Gasteiger partial charge in [0.25, 0.3) is 0 Å². The predicted octanol–water partition coefficient (Wildman–Crippen LogP) is 3.44. The number of fused-ring (bicyclic) bond motifs is 1. The number of nitrogens with zero attached hydrogens (tertiary/aromatic N) is 4. The molecule has 2 aromatic heterocycles. The molecule has 6 N–H and O–H groups in total. The number of nitrogen functional groups attached to an aromatic ring is 1. The summed E-state index contributed by atoms with van der Waals surface area (Å²) in [6.45, 7) is 12.4. The van der Waals surface area contributed by atoms with Crippen molar-refractivity contribution in [3.05, 3.63) is 60.1 Å². The number of anilines is 2. The number of rotatable bonds is 9. The van der Waals surface area contributed by atoms with Crippen molar-refractivity contribution in [3.63, 3.8) is 0 Å². The number of imidazole rings is 1. The molecule has 39 heavy (non-hydrogen) atoms. The quantitative estimate of drug-likeness (QED) is 0.209. The highest BCUT2D eigenvalue weighted by molar-refractivity contribution is 5.89. The minimum absolute atomic E-state index is 0.0618. The summed E-state index contributed by atoms with van der Waals surface area (Å²) in [5.41, 5.74) is 10.4. The van der Waals surface area contributed by atoms with Gasteiger partial charge in [0.05, 0.1) is 18.1 Å². The predicted molar refractivity (Wildman–Crippen MR) is 155 cm³/mol. The number of amides is 2. The third-order valence-electron chi connectivity index (χ3n) is 7.28. The van der Waals surface area contributed by atoms with Crippen molar-refractivity contribution in [2.45, 2.75) is 70.7 Å². The maximum absolute atomic E-state index is 12.4. The topological polar surface area (TPSA) is 142 Å². The number of hydrogen-bond acceptors (Lipinski definition) is 7. The van der Waals surface area contributed by atoms with Gasteiger partial charge < -0.3 is 31.1 Å². The van der Waals surface area contributed by atoms with Gasteiger partial charge in [-0.3, -0.25) is 4.90 Å². The Morgan fingerprint density at radius 1 is 1.15 bits per heavy atom. The average molecular weight is 536 g/mol. The van der Waals surface area contributed by atoms with Crippen molar-refractivity contribution in [1.82, 2.24) is 24.8 Å². The molecule has 0 saturated carbocycles. The summed E-state index contributed by atoms with van der Waals surface area (Å²) in [5, 5.41) is 27.5. The van der Waals surface area contributed by atoms with Gasteiger partial charge in [0.15, 0.2) is 5.65 Å². The molecular weight excluding hydrogens is 494 g/mol. The zero-order chi connectivity index (χ0) is 28.3. The van der Waals surface area contributed by atoms with Crippen LogP contribution in [-0.4, -0.2) is 73.6 Å². The number of hydrogen-bond donors (Lipinski definition) is 5. The number of urea groups is 1. The van der Waals surface area contributed by atoms with E-state index in [1.54, 1.807) is 23.2 Å². The Hall–Kier alpha value is -3.47. The SMILES string of the molecule is CC(C)N(CCCNC(=O)Nc1ccc(C(C)(C)C)cc1)CC1=C[C@@H](n2cnc3c(N)ccnc32)[C@H](O)[C@@H]1O. The number of nitrogens with two attached hydrogens (primary N) is 1. The van der Waals surface area contributed by atoms with Crippen molar-refractivity contribution in [3.8, 4) is 0 Å². The van der Waals surface area contributed by atoms with E-state index in [0.29, 0.717) is 29.9 Å². The zero-order valence-corrected chi connectivity index (χ0v) is 23.4. The molecule has 210 valence electrons. The van der Waals surface area contributed by atoms with Crippen molar-refractivity contribution < 1.29 is 15.0 Å². The Bertz CT molecular complexity index is 1310. The van der Waals surface area contributed by atoms with Crippen LogP contribution in [-0.2, 0) is 5.41 Å². The fourth-order valence-electron chi connectivity index (χ4n) is 4.85. The molecule has 0 unspecified atom stereocenters. The minimum Gasteiger partial charge on any atom is -0.397 e. The first-order valence-corrected chi connectivity index (χ1v) is 13.5. The van der Waals surface area contributed by atoms with Crippen LogP contribution in [0.1, 0.15) is 52.6 Å². The first-order chi connectivity index (χ1) is 18.5. The van der Waals surface area contributed by atoms with Crippen LogP contribution in [0.25, 0.3) is 11.2 Å². The smallest absolute Gasteiger partial charge is 0.319 e. The van der Waals surface area contributed by atoms with Gasteiger partial charge in [0.1, 0.15) is 17.7 Å². The fraction of sp³-hybridized carbons (Fsp3) is 0.483. The molecule has 2 amide bonds. The second kappa shape index (κ2) is 11.7. The highest BCUT2D eigenvalue weighted by atomic mass is 16.3. The highest BCUT2D eigenvalue weighted by Gasteiger charge is 2.37. The van der Waals surface area contributed by atoms with Crippen LogP contribution in [0.4, 0.5) is 16.2 Å². The fourth-order valence-corrected chi connectivity index (χ4v) is 4.85. The van der Waals surface area contributed by atoms with Crippen LogP contribution in [0, 0.1) is 0 Å². The van der Waals surface area contributed by atoms with Crippen LogP contribution < -0.4 is 16.4 Å². The number of aromatic nitrogens is 3. The van der Waals surface area contributed by atoms with Crippen molar-refractivity contribution in [2.75, 3.05) is 30.7 Å². The molecule has 1 aliphatic rings. The lowest BCUT2D eigenvalue weighted by Gasteiger charge is -2.28. The second-order valence-corrected chi connectivity index (χ2v) is 11.5. The molecule has 0 aliphatic heterocycles. The summed E-state index contributed by atoms with van der Waals surface area (Å²) in [6.07, 6.45) is 3.83. The van der Waals surface area contributed by atoms with Gasteiger partial charge in [-0.15, -0.1) is 0 Å². The van der Waals surface area contributed by atoms with Crippen molar-refractivity contribution in [2.24, 2.45) is 0 Å². The molecule has 10 nitrogen and oxygen atoms in total. The Kier molecular flexibility index (Phi) is 8.58. The summed E-state index contributed by atoms with van der Waals surface area (Å²) in [7, 11) is 0. The Morgan fingerprint density at radius 2 is 1.87 bits per heavy atom. The molecule has 1 aromatic carbocycles. The molecule has 0 saturated heterocycles. The number of nitrogens with one attached hydrogen (secondary N) is 2. The molecular formula is C29H41N7O3. The van der Waals surface area contributed by atoms with Gasteiger partial charge in [-0.05, 0) is 55.0 Å². The first-order valence-electron chi connectivity index (χ1n) is 13.5. The molecule has 10 heteroatoms. The van der Waals surface area contributed by atoms with Crippen LogP contribution in [0.2, 0.25) is 0 Å². The van der Waals surface area contributed by atoms with Crippen molar-refractivity contribution >= 4 is 28.6 Å². The van der Waals surface area contributed by atoms with Crippen LogP contribution in [0.3, 0.4) is 0 Å². The van der Waals surface area contributed by atoms with Gasteiger partial charge in [0.2, 0.25) is 0 Å². The monoisotopic (exact) mass is 535 g/mol. The van der Waals surface area contributed by atoms with E-state index in [1.165, 1.54) is 5.56 Å². The second-order valence-electron chi connectivity index (χ2n) is 11.5. The largest absolute Gasteiger partial charge is 0.397 e. The zero-order valence-electron chi connectivity index (χ0n) is 23.4. The summed E-state index contributed by atoms with van der Waals surface area (Å²) in [4.78, 5) is 23.3. The molecule has 0 spiro atoms. The maximum atomic E-state index is 12.4. The molecule has 1 aliphatic carbocycles. The molecule has 3 atom stereocenters.